The van der Waals surface area contributed by atoms with E-state index in [0.29, 0.717) is 12.3 Å². The molecule has 0 aliphatic heterocycles. The van der Waals surface area contributed by atoms with Crippen LogP contribution in [0.15, 0.2) is 24.4 Å². The van der Waals surface area contributed by atoms with E-state index in [0.717, 1.165) is 0 Å². The zero-order valence-corrected chi connectivity index (χ0v) is 9.34. The SMILES string of the molecule is COCCOC(C)(C(=O)O)c1ccccn1. The molecule has 5 heteroatoms. The first-order chi connectivity index (χ1) is 7.61. The molecular formula is C11H15NO4. The fraction of sp³-hybridized carbons (Fsp3) is 0.455. The Morgan fingerprint density at radius 1 is 1.50 bits per heavy atom. The van der Waals surface area contributed by atoms with Crippen molar-refractivity contribution >= 4 is 5.97 Å². The quantitative estimate of drug-likeness (QED) is 0.733. The summed E-state index contributed by atoms with van der Waals surface area (Å²) in [6.45, 7) is 2.03. The van der Waals surface area contributed by atoms with Crippen molar-refractivity contribution in [1.82, 2.24) is 4.98 Å². The van der Waals surface area contributed by atoms with Crippen molar-refractivity contribution < 1.29 is 19.4 Å². The number of ether oxygens (including phenoxy) is 2. The predicted molar refractivity (Wildman–Crippen MR) is 57.1 cm³/mol. The maximum Gasteiger partial charge on any atom is 0.342 e. The summed E-state index contributed by atoms with van der Waals surface area (Å²) in [5.41, 5.74) is -1.06. The van der Waals surface area contributed by atoms with Gasteiger partial charge in [-0.15, -0.1) is 0 Å². The molecule has 5 nitrogen and oxygen atoms in total. The second-order valence-corrected chi connectivity index (χ2v) is 3.39. The van der Waals surface area contributed by atoms with Crippen LogP contribution in [-0.4, -0.2) is 36.4 Å². The average Bonchev–Trinajstić information content (AvgIpc) is 2.30. The Bertz CT molecular complexity index is 341. The van der Waals surface area contributed by atoms with E-state index < -0.39 is 11.6 Å². The number of carboxylic acids is 1. The number of carbonyl (C=O) groups is 1. The molecule has 0 aliphatic carbocycles. The van der Waals surface area contributed by atoms with Crippen LogP contribution in [0.4, 0.5) is 0 Å². The number of pyridine rings is 1. The Hall–Kier alpha value is -1.46. The molecule has 0 radical (unpaired) electrons. The van der Waals surface area contributed by atoms with Crippen LogP contribution in [0.2, 0.25) is 0 Å². The summed E-state index contributed by atoms with van der Waals surface area (Å²) < 4.78 is 10.1. The molecule has 1 heterocycles. The first kappa shape index (κ1) is 12.6. The number of hydrogen-bond donors (Lipinski definition) is 1. The highest BCUT2D eigenvalue weighted by atomic mass is 16.5. The second kappa shape index (κ2) is 5.58. The first-order valence-electron chi connectivity index (χ1n) is 4.89. The molecule has 1 N–H and O–H groups in total. The second-order valence-electron chi connectivity index (χ2n) is 3.39. The van der Waals surface area contributed by atoms with Gasteiger partial charge in [0.25, 0.3) is 0 Å². The summed E-state index contributed by atoms with van der Waals surface area (Å²) in [5.74, 6) is -1.07. The largest absolute Gasteiger partial charge is 0.479 e. The van der Waals surface area contributed by atoms with Gasteiger partial charge < -0.3 is 14.6 Å². The highest BCUT2D eigenvalue weighted by molar-refractivity contribution is 5.78. The van der Waals surface area contributed by atoms with E-state index in [1.807, 2.05) is 0 Å². The topological polar surface area (TPSA) is 68.7 Å². The Morgan fingerprint density at radius 3 is 2.75 bits per heavy atom. The van der Waals surface area contributed by atoms with Gasteiger partial charge in [-0.2, -0.15) is 0 Å². The molecule has 0 aromatic carbocycles. The summed E-state index contributed by atoms with van der Waals surface area (Å²) in [6, 6.07) is 5.07. The summed E-state index contributed by atoms with van der Waals surface area (Å²) in [5, 5.41) is 9.18. The summed E-state index contributed by atoms with van der Waals surface area (Å²) in [7, 11) is 1.53. The summed E-state index contributed by atoms with van der Waals surface area (Å²) in [6.07, 6.45) is 1.54. The van der Waals surface area contributed by atoms with Crippen molar-refractivity contribution in [1.29, 1.82) is 0 Å². The lowest BCUT2D eigenvalue weighted by atomic mass is 10.0. The molecule has 0 saturated heterocycles. The molecular weight excluding hydrogens is 210 g/mol. The monoisotopic (exact) mass is 225 g/mol. The molecule has 1 unspecified atom stereocenters. The first-order valence-corrected chi connectivity index (χ1v) is 4.89. The third kappa shape index (κ3) is 2.77. The van der Waals surface area contributed by atoms with Crippen LogP contribution >= 0.6 is 0 Å². The van der Waals surface area contributed by atoms with E-state index in [-0.39, 0.29) is 6.61 Å². The van der Waals surface area contributed by atoms with Gasteiger partial charge in [0.2, 0.25) is 5.60 Å². The van der Waals surface area contributed by atoms with Crippen LogP contribution in [0.5, 0.6) is 0 Å². The minimum Gasteiger partial charge on any atom is -0.479 e. The van der Waals surface area contributed by atoms with E-state index in [4.69, 9.17) is 9.47 Å². The van der Waals surface area contributed by atoms with Crippen molar-refractivity contribution in [3.8, 4) is 0 Å². The number of carboxylic acid groups (broad SMARTS) is 1. The molecule has 1 atom stereocenters. The van der Waals surface area contributed by atoms with Gasteiger partial charge >= 0.3 is 5.97 Å². The highest BCUT2D eigenvalue weighted by Gasteiger charge is 2.37. The van der Waals surface area contributed by atoms with Crippen LogP contribution in [0.3, 0.4) is 0 Å². The minimum atomic E-state index is -1.43. The van der Waals surface area contributed by atoms with Crippen molar-refractivity contribution in [2.24, 2.45) is 0 Å². The van der Waals surface area contributed by atoms with E-state index in [1.54, 1.807) is 18.2 Å². The van der Waals surface area contributed by atoms with E-state index in [2.05, 4.69) is 4.98 Å². The number of aliphatic carboxylic acids is 1. The zero-order chi connectivity index (χ0) is 12.0. The standard InChI is InChI=1S/C11H15NO4/c1-11(10(13)14,16-8-7-15-2)9-5-3-4-6-12-9/h3-6H,7-8H2,1-2H3,(H,13,14). The van der Waals surface area contributed by atoms with Gasteiger partial charge in [-0.1, -0.05) is 6.07 Å². The number of rotatable bonds is 6. The molecule has 16 heavy (non-hydrogen) atoms. The Morgan fingerprint density at radius 2 is 2.25 bits per heavy atom. The van der Waals surface area contributed by atoms with Crippen LogP contribution in [0.1, 0.15) is 12.6 Å². The van der Waals surface area contributed by atoms with E-state index in [1.165, 1.54) is 20.2 Å². The maximum atomic E-state index is 11.2. The van der Waals surface area contributed by atoms with Crippen LogP contribution in [0, 0.1) is 0 Å². The average molecular weight is 225 g/mol. The number of hydrogen-bond acceptors (Lipinski definition) is 4. The van der Waals surface area contributed by atoms with Gasteiger partial charge in [-0.25, -0.2) is 4.79 Å². The van der Waals surface area contributed by atoms with Crippen molar-refractivity contribution in [3.05, 3.63) is 30.1 Å². The molecule has 0 aliphatic rings. The molecule has 0 bridgehead atoms. The zero-order valence-electron chi connectivity index (χ0n) is 9.34. The molecule has 0 amide bonds. The fourth-order valence-corrected chi connectivity index (χ4v) is 1.22. The van der Waals surface area contributed by atoms with Crippen molar-refractivity contribution in [3.63, 3.8) is 0 Å². The third-order valence-corrected chi connectivity index (χ3v) is 2.24. The van der Waals surface area contributed by atoms with Gasteiger partial charge in [-0.05, 0) is 19.1 Å². The van der Waals surface area contributed by atoms with E-state index in [9.17, 15) is 9.90 Å². The normalized spacial score (nSPS) is 14.4. The van der Waals surface area contributed by atoms with Crippen molar-refractivity contribution in [2.75, 3.05) is 20.3 Å². The molecule has 0 fully saturated rings. The lowest BCUT2D eigenvalue weighted by molar-refractivity contribution is -0.167. The van der Waals surface area contributed by atoms with Gasteiger partial charge in [0.05, 0.1) is 18.9 Å². The number of methoxy groups -OCH3 is 1. The summed E-state index contributed by atoms with van der Waals surface area (Å²) in [4.78, 5) is 15.2. The van der Waals surface area contributed by atoms with Gasteiger partial charge in [0.1, 0.15) is 0 Å². The minimum absolute atomic E-state index is 0.204. The fourth-order valence-electron chi connectivity index (χ4n) is 1.22. The smallest absolute Gasteiger partial charge is 0.342 e. The molecule has 1 rings (SSSR count). The van der Waals surface area contributed by atoms with Gasteiger partial charge in [0.15, 0.2) is 0 Å². The van der Waals surface area contributed by atoms with Crippen LogP contribution in [0.25, 0.3) is 0 Å². The van der Waals surface area contributed by atoms with Gasteiger partial charge in [0, 0.05) is 13.3 Å². The molecule has 0 saturated carbocycles. The predicted octanol–water partition coefficient (Wildman–Crippen LogP) is 1.04. The van der Waals surface area contributed by atoms with Crippen LogP contribution in [-0.2, 0) is 19.9 Å². The lowest BCUT2D eigenvalue weighted by Crippen LogP contribution is -2.37. The highest BCUT2D eigenvalue weighted by Crippen LogP contribution is 2.23. The third-order valence-electron chi connectivity index (χ3n) is 2.24. The Labute approximate surface area is 94.0 Å². The Balaban J connectivity index is 2.85. The molecule has 1 aromatic heterocycles. The molecule has 0 spiro atoms. The lowest BCUT2D eigenvalue weighted by Gasteiger charge is -2.24. The summed E-state index contributed by atoms with van der Waals surface area (Å²) >= 11 is 0. The number of nitrogens with zero attached hydrogens (tertiary/aromatic N) is 1. The maximum absolute atomic E-state index is 11.2. The van der Waals surface area contributed by atoms with Gasteiger partial charge in [-0.3, -0.25) is 4.98 Å². The molecule has 88 valence electrons. The Kier molecular flexibility index (Phi) is 4.39. The number of aromatic nitrogens is 1. The van der Waals surface area contributed by atoms with Crippen molar-refractivity contribution in [2.45, 2.75) is 12.5 Å². The molecule has 1 aromatic rings. The van der Waals surface area contributed by atoms with E-state index >= 15 is 0 Å². The van der Waals surface area contributed by atoms with Crippen LogP contribution < -0.4 is 0 Å².